The van der Waals surface area contributed by atoms with Crippen molar-refractivity contribution in [2.45, 2.75) is 37.8 Å². The van der Waals surface area contributed by atoms with Crippen LogP contribution in [-0.4, -0.2) is 67.2 Å². The van der Waals surface area contributed by atoms with E-state index in [9.17, 15) is 18.0 Å². The van der Waals surface area contributed by atoms with Crippen molar-refractivity contribution in [2.75, 3.05) is 26.2 Å². The smallest absolute Gasteiger partial charge is 0.324 e. The van der Waals surface area contributed by atoms with Gasteiger partial charge in [-0.25, -0.2) is 14.8 Å². The molecular formula is C19H22F3N7O. The van der Waals surface area contributed by atoms with E-state index in [1.807, 2.05) is 9.80 Å². The van der Waals surface area contributed by atoms with Gasteiger partial charge in [-0.1, -0.05) is 0 Å². The van der Waals surface area contributed by atoms with Crippen LogP contribution in [0.25, 0.3) is 0 Å². The molecule has 2 aromatic rings. The van der Waals surface area contributed by atoms with Crippen LogP contribution in [0.4, 0.5) is 18.0 Å². The molecule has 2 saturated heterocycles. The van der Waals surface area contributed by atoms with E-state index < -0.39 is 11.9 Å². The molecule has 1 N–H and O–H groups in total. The van der Waals surface area contributed by atoms with Gasteiger partial charge in [0.25, 0.3) is 0 Å². The summed E-state index contributed by atoms with van der Waals surface area (Å²) in [4.78, 5) is 28.1. The third-order valence-electron chi connectivity index (χ3n) is 6.54. The molecule has 1 spiro atoms. The van der Waals surface area contributed by atoms with Crippen molar-refractivity contribution in [3.8, 4) is 0 Å². The lowest BCUT2D eigenvalue weighted by molar-refractivity contribution is -0.141. The van der Waals surface area contributed by atoms with E-state index in [0.717, 1.165) is 50.9 Å². The fourth-order valence-electron chi connectivity index (χ4n) is 5.14. The van der Waals surface area contributed by atoms with Crippen LogP contribution in [0, 0.1) is 11.3 Å². The minimum atomic E-state index is -4.46. The maximum absolute atomic E-state index is 12.8. The Bertz CT molecular complexity index is 901. The maximum Gasteiger partial charge on any atom is 0.434 e. The Hall–Kier alpha value is -2.72. The number of halogens is 3. The largest absolute Gasteiger partial charge is 0.434 e. The molecule has 0 radical (unpaired) electrons. The summed E-state index contributed by atoms with van der Waals surface area (Å²) in [5, 5.41) is 6.76. The molecule has 30 heavy (non-hydrogen) atoms. The molecule has 2 aliphatic heterocycles. The lowest BCUT2D eigenvalue weighted by atomic mass is 9.57. The van der Waals surface area contributed by atoms with Crippen LogP contribution in [0.5, 0.6) is 0 Å². The Morgan fingerprint density at radius 2 is 1.97 bits per heavy atom. The average Bonchev–Trinajstić information content (AvgIpc) is 3.33. The molecule has 3 aliphatic rings. The highest BCUT2D eigenvalue weighted by Crippen LogP contribution is 2.53. The van der Waals surface area contributed by atoms with Gasteiger partial charge in [0.2, 0.25) is 0 Å². The number of alkyl halides is 3. The second-order valence-corrected chi connectivity index (χ2v) is 8.81. The number of aromatic amines is 1. The SMILES string of the molecule is O=C(N1CC[C@H](c2ncn[nH]2)C1)N1CC2(CC(Cc3cnc(C(F)(F)F)cn3)C2)C1. The number of urea groups is 1. The molecule has 8 nitrogen and oxygen atoms in total. The summed E-state index contributed by atoms with van der Waals surface area (Å²) in [7, 11) is 0. The topological polar surface area (TPSA) is 90.9 Å². The van der Waals surface area contributed by atoms with Gasteiger partial charge in [-0.3, -0.25) is 10.1 Å². The van der Waals surface area contributed by atoms with Crippen LogP contribution in [-0.2, 0) is 12.6 Å². The van der Waals surface area contributed by atoms with Gasteiger partial charge < -0.3 is 9.80 Å². The zero-order chi connectivity index (χ0) is 20.9. The average molecular weight is 421 g/mol. The summed E-state index contributed by atoms with van der Waals surface area (Å²) < 4.78 is 37.7. The molecule has 1 atom stereocenters. The summed E-state index contributed by atoms with van der Waals surface area (Å²) in [5.41, 5.74) is -0.202. The third kappa shape index (κ3) is 3.50. The van der Waals surface area contributed by atoms with Crippen LogP contribution >= 0.6 is 0 Å². The van der Waals surface area contributed by atoms with Crippen LogP contribution in [0.1, 0.15) is 42.4 Å². The number of carbonyl (C=O) groups is 1. The van der Waals surface area contributed by atoms with Crippen LogP contribution < -0.4 is 0 Å². The highest BCUT2D eigenvalue weighted by molar-refractivity contribution is 5.76. The van der Waals surface area contributed by atoms with Gasteiger partial charge >= 0.3 is 12.2 Å². The van der Waals surface area contributed by atoms with E-state index in [0.29, 0.717) is 24.6 Å². The first-order valence-corrected chi connectivity index (χ1v) is 10.1. The quantitative estimate of drug-likeness (QED) is 0.822. The van der Waals surface area contributed by atoms with E-state index in [1.165, 1.54) is 12.5 Å². The summed E-state index contributed by atoms with van der Waals surface area (Å²) in [6, 6.07) is 0.0831. The first kappa shape index (κ1) is 19.3. The zero-order valence-electron chi connectivity index (χ0n) is 16.3. The van der Waals surface area contributed by atoms with Crippen molar-refractivity contribution in [3.05, 3.63) is 35.9 Å². The second kappa shape index (κ2) is 6.92. The van der Waals surface area contributed by atoms with Gasteiger partial charge in [0.15, 0.2) is 5.69 Å². The standard InChI is InChI=1S/C19H22F3N7O/c20-19(21,22)15-7-23-14(6-24-15)3-12-4-18(5-12)9-29(10-18)17(30)28-2-1-13(8-28)16-25-11-26-27-16/h6-7,11-13H,1-5,8-10H2,(H,25,26,27)/t13-/m0/s1. The Labute approximate surface area is 170 Å². The number of H-pyrrole nitrogens is 1. The van der Waals surface area contributed by atoms with Gasteiger partial charge in [0.1, 0.15) is 12.2 Å². The van der Waals surface area contributed by atoms with Crippen LogP contribution in [0.15, 0.2) is 18.7 Å². The lowest BCUT2D eigenvalue weighted by Gasteiger charge is -2.59. The van der Waals surface area contributed by atoms with Crippen molar-refractivity contribution in [2.24, 2.45) is 11.3 Å². The maximum atomic E-state index is 12.8. The highest BCUT2D eigenvalue weighted by atomic mass is 19.4. The number of rotatable bonds is 3. The molecule has 0 unspecified atom stereocenters. The molecule has 160 valence electrons. The summed E-state index contributed by atoms with van der Waals surface area (Å²) in [6.45, 7) is 2.89. The summed E-state index contributed by atoms with van der Waals surface area (Å²) >= 11 is 0. The Morgan fingerprint density at radius 3 is 2.60 bits per heavy atom. The van der Waals surface area contributed by atoms with E-state index in [1.54, 1.807) is 0 Å². The Kier molecular flexibility index (Phi) is 4.44. The lowest BCUT2D eigenvalue weighted by Crippen LogP contribution is -2.65. The van der Waals surface area contributed by atoms with Gasteiger partial charge in [-0.15, -0.1) is 0 Å². The minimum absolute atomic E-state index is 0.0831. The van der Waals surface area contributed by atoms with E-state index in [-0.39, 0.29) is 17.4 Å². The fourth-order valence-corrected chi connectivity index (χ4v) is 5.14. The first-order chi connectivity index (χ1) is 14.3. The molecule has 11 heteroatoms. The van der Waals surface area contributed by atoms with Gasteiger partial charge in [-0.05, 0) is 31.6 Å². The molecular weight excluding hydrogens is 399 g/mol. The number of hydrogen-bond donors (Lipinski definition) is 1. The van der Waals surface area contributed by atoms with Gasteiger partial charge in [0.05, 0.1) is 11.9 Å². The number of aromatic nitrogens is 5. The number of nitrogens with zero attached hydrogens (tertiary/aromatic N) is 6. The summed E-state index contributed by atoms with van der Waals surface area (Å²) in [6.07, 6.45) is 2.52. The highest BCUT2D eigenvalue weighted by Gasteiger charge is 2.54. The predicted molar refractivity (Wildman–Crippen MR) is 98.2 cm³/mol. The normalized spacial score (nSPS) is 23.5. The Balaban J connectivity index is 1.08. The number of amides is 2. The first-order valence-electron chi connectivity index (χ1n) is 10.1. The fraction of sp³-hybridized carbons (Fsp3) is 0.632. The molecule has 4 heterocycles. The molecule has 3 fully saturated rings. The van der Waals surface area contributed by atoms with Crippen molar-refractivity contribution < 1.29 is 18.0 Å². The number of hydrogen-bond acceptors (Lipinski definition) is 5. The number of likely N-dealkylation sites (tertiary alicyclic amines) is 2. The zero-order valence-corrected chi connectivity index (χ0v) is 16.3. The molecule has 5 rings (SSSR count). The van der Waals surface area contributed by atoms with Gasteiger partial charge in [0, 0.05) is 43.7 Å². The van der Waals surface area contributed by atoms with E-state index in [2.05, 4.69) is 25.1 Å². The minimum Gasteiger partial charge on any atom is -0.324 e. The van der Waals surface area contributed by atoms with Crippen molar-refractivity contribution in [1.29, 1.82) is 0 Å². The van der Waals surface area contributed by atoms with E-state index in [4.69, 9.17) is 0 Å². The van der Waals surface area contributed by atoms with E-state index >= 15 is 0 Å². The van der Waals surface area contributed by atoms with Crippen LogP contribution in [0.3, 0.4) is 0 Å². The van der Waals surface area contributed by atoms with Crippen molar-refractivity contribution >= 4 is 6.03 Å². The monoisotopic (exact) mass is 421 g/mol. The third-order valence-corrected chi connectivity index (χ3v) is 6.54. The van der Waals surface area contributed by atoms with Crippen molar-refractivity contribution in [3.63, 3.8) is 0 Å². The number of nitrogens with one attached hydrogen (secondary N) is 1. The molecule has 2 aromatic heterocycles. The number of carbonyl (C=O) groups excluding carboxylic acids is 1. The predicted octanol–water partition coefficient (Wildman–Crippen LogP) is 2.48. The molecule has 2 amide bonds. The second-order valence-electron chi connectivity index (χ2n) is 8.81. The Morgan fingerprint density at radius 1 is 1.17 bits per heavy atom. The molecule has 0 aromatic carbocycles. The molecule has 1 aliphatic carbocycles. The molecule has 0 bridgehead atoms. The van der Waals surface area contributed by atoms with Gasteiger partial charge in [-0.2, -0.15) is 18.3 Å². The van der Waals surface area contributed by atoms with Crippen LogP contribution in [0.2, 0.25) is 0 Å². The summed E-state index contributed by atoms with van der Waals surface area (Å²) in [5.74, 6) is 1.43. The molecule has 1 saturated carbocycles. The van der Waals surface area contributed by atoms with Crippen molar-refractivity contribution in [1.82, 2.24) is 34.9 Å².